The Labute approximate surface area is 157 Å². The van der Waals surface area contributed by atoms with Crippen molar-refractivity contribution in [2.45, 2.75) is 17.7 Å². The molecule has 3 aromatic rings. The van der Waals surface area contributed by atoms with E-state index in [4.69, 9.17) is 4.74 Å². The number of methoxy groups -OCH3 is 1. The van der Waals surface area contributed by atoms with Crippen molar-refractivity contribution in [3.8, 4) is 17.0 Å². The van der Waals surface area contributed by atoms with Crippen LogP contribution in [0, 0.1) is 6.92 Å². The molecule has 25 heavy (non-hydrogen) atoms. The third kappa shape index (κ3) is 5.00. The molecule has 1 amide bonds. The zero-order chi connectivity index (χ0) is 17.6. The van der Waals surface area contributed by atoms with Gasteiger partial charge < -0.3 is 10.1 Å². The Hall–Kier alpha value is -1.97. The third-order valence-electron chi connectivity index (χ3n) is 3.18. The molecule has 0 bridgehead atoms. The number of anilines is 1. The van der Waals surface area contributed by atoms with Gasteiger partial charge in [-0.05, 0) is 19.1 Å². The summed E-state index contributed by atoms with van der Waals surface area (Å²) in [7, 11) is 1.63. The second-order valence-electron chi connectivity index (χ2n) is 5.00. The number of hydrogen-bond donors (Lipinski definition) is 1. The van der Waals surface area contributed by atoms with Gasteiger partial charge in [0.1, 0.15) is 10.8 Å². The normalized spacial score (nSPS) is 10.6. The molecular weight excluding hydrogens is 376 g/mol. The Balaban J connectivity index is 1.52. The Morgan fingerprint density at radius 2 is 2.24 bits per heavy atom. The maximum absolute atomic E-state index is 12.0. The number of thioether (sulfide) groups is 1. The summed E-state index contributed by atoms with van der Waals surface area (Å²) in [6, 6.07) is 7.68. The Morgan fingerprint density at radius 1 is 1.36 bits per heavy atom. The van der Waals surface area contributed by atoms with Crippen LogP contribution in [0.25, 0.3) is 11.3 Å². The SMILES string of the molecule is COc1cccc(-c2csc(NC(=O)CCSc3nnc(C)s3)n2)c1. The van der Waals surface area contributed by atoms with Gasteiger partial charge in [0.05, 0.1) is 12.8 Å². The molecule has 2 aromatic heterocycles. The molecule has 0 saturated heterocycles. The van der Waals surface area contributed by atoms with Crippen molar-refractivity contribution in [3.05, 3.63) is 34.7 Å². The van der Waals surface area contributed by atoms with Gasteiger partial charge in [0.25, 0.3) is 0 Å². The molecule has 1 N–H and O–H groups in total. The van der Waals surface area contributed by atoms with Crippen molar-refractivity contribution >= 4 is 45.5 Å². The van der Waals surface area contributed by atoms with Gasteiger partial charge in [0, 0.05) is 23.1 Å². The first-order chi connectivity index (χ1) is 12.1. The lowest BCUT2D eigenvalue weighted by atomic mass is 10.2. The first-order valence-electron chi connectivity index (χ1n) is 7.47. The van der Waals surface area contributed by atoms with Crippen LogP contribution in [0.3, 0.4) is 0 Å². The summed E-state index contributed by atoms with van der Waals surface area (Å²) in [5.74, 6) is 1.38. The lowest BCUT2D eigenvalue weighted by Gasteiger charge is -2.02. The fourth-order valence-corrected chi connectivity index (χ4v) is 4.56. The van der Waals surface area contributed by atoms with Gasteiger partial charge in [0.2, 0.25) is 5.91 Å². The van der Waals surface area contributed by atoms with E-state index < -0.39 is 0 Å². The number of carbonyl (C=O) groups excluding carboxylic acids is 1. The molecule has 0 radical (unpaired) electrons. The fourth-order valence-electron chi connectivity index (χ4n) is 2.00. The van der Waals surface area contributed by atoms with E-state index in [1.807, 2.05) is 36.6 Å². The van der Waals surface area contributed by atoms with Crippen LogP contribution in [0.5, 0.6) is 5.75 Å². The highest BCUT2D eigenvalue weighted by atomic mass is 32.2. The number of nitrogens with one attached hydrogen (secondary N) is 1. The maximum Gasteiger partial charge on any atom is 0.226 e. The second kappa shape index (κ2) is 8.41. The van der Waals surface area contributed by atoms with Crippen LogP contribution in [0.15, 0.2) is 34.0 Å². The number of ether oxygens (including phenoxy) is 1. The molecule has 3 rings (SSSR count). The molecule has 9 heteroatoms. The summed E-state index contributed by atoms with van der Waals surface area (Å²) < 4.78 is 6.11. The molecule has 0 fully saturated rings. The van der Waals surface area contributed by atoms with Gasteiger partial charge in [-0.15, -0.1) is 21.5 Å². The predicted octanol–water partition coefficient (Wildman–Crippen LogP) is 4.10. The van der Waals surface area contributed by atoms with E-state index in [1.54, 1.807) is 7.11 Å². The molecule has 0 saturated carbocycles. The van der Waals surface area contributed by atoms with Gasteiger partial charge in [-0.1, -0.05) is 35.2 Å². The predicted molar refractivity (Wildman–Crippen MR) is 103 cm³/mol. The van der Waals surface area contributed by atoms with Gasteiger partial charge in [0.15, 0.2) is 9.47 Å². The molecule has 0 spiro atoms. The molecule has 2 heterocycles. The minimum Gasteiger partial charge on any atom is -0.497 e. The average molecular weight is 393 g/mol. The van der Waals surface area contributed by atoms with E-state index in [1.165, 1.54) is 34.4 Å². The number of nitrogens with zero attached hydrogens (tertiary/aromatic N) is 3. The first-order valence-corrected chi connectivity index (χ1v) is 10.1. The van der Waals surface area contributed by atoms with Crippen LogP contribution < -0.4 is 10.1 Å². The number of hydrogen-bond acceptors (Lipinski definition) is 8. The summed E-state index contributed by atoms with van der Waals surface area (Å²) in [6.45, 7) is 1.91. The maximum atomic E-state index is 12.0. The van der Waals surface area contributed by atoms with Gasteiger partial charge in [-0.25, -0.2) is 4.98 Å². The van der Waals surface area contributed by atoms with Crippen LogP contribution in [0.4, 0.5) is 5.13 Å². The largest absolute Gasteiger partial charge is 0.497 e. The van der Waals surface area contributed by atoms with Crippen LogP contribution in [0.2, 0.25) is 0 Å². The molecule has 6 nitrogen and oxygen atoms in total. The topological polar surface area (TPSA) is 77.0 Å². The summed E-state index contributed by atoms with van der Waals surface area (Å²) in [5, 5.41) is 14.3. The molecule has 0 aliphatic carbocycles. The van der Waals surface area contributed by atoms with E-state index in [0.29, 0.717) is 17.3 Å². The van der Waals surface area contributed by atoms with Crippen molar-refractivity contribution in [1.29, 1.82) is 0 Å². The quantitative estimate of drug-likeness (QED) is 0.610. The molecular formula is C16H16N4O2S3. The van der Waals surface area contributed by atoms with E-state index in [2.05, 4.69) is 20.5 Å². The van der Waals surface area contributed by atoms with Crippen molar-refractivity contribution in [3.63, 3.8) is 0 Å². The van der Waals surface area contributed by atoms with Crippen LogP contribution >= 0.6 is 34.4 Å². The third-order valence-corrected chi connectivity index (χ3v) is 5.91. The Bertz CT molecular complexity index is 862. The zero-order valence-corrected chi connectivity index (χ0v) is 16.1. The first kappa shape index (κ1) is 17.8. The van der Waals surface area contributed by atoms with E-state index in [9.17, 15) is 4.79 Å². The van der Waals surface area contributed by atoms with Crippen molar-refractivity contribution in [2.75, 3.05) is 18.2 Å². The molecule has 0 aliphatic heterocycles. The van der Waals surface area contributed by atoms with Crippen molar-refractivity contribution in [2.24, 2.45) is 0 Å². The number of aromatic nitrogens is 3. The average Bonchev–Trinajstić information content (AvgIpc) is 3.24. The summed E-state index contributed by atoms with van der Waals surface area (Å²) in [6.07, 6.45) is 0.400. The Morgan fingerprint density at radius 3 is 3.00 bits per heavy atom. The van der Waals surface area contributed by atoms with Crippen LogP contribution in [0.1, 0.15) is 11.4 Å². The number of rotatable bonds is 7. The Kier molecular flexibility index (Phi) is 6.00. The highest BCUT2D eigenvalue weighted by Crippen LogP contribution is 2.28. The van der Waals surface area contributed by atoms with Gasteiger partial charge in [-0.3, -0.25) is 4.79 Å². The summed E-state index contributed by atoms with van der Waals surface area (Å²) >= 11 is 4.48. The monoisotopic (exact) mass is 392 g/mol. The number of carbonyl (C=O) groups is 1. The second-order valence-corrected chi connectivity index (χ2v) is 8.39. The lowest BCUT2D eigenvalue weighted by Crippen LogP contribution is -2.11. The molecule has 0 unspecified atom stereocenters. The lowest BCUT2D eigenvalue weighted by molar-refractivity contribution is -0.115. The van der Waals surface area contributed by atoms with E-state index in [0.717, 1.165) is 26.4 Å². The highest BCUT2D eigenvalue weighted by molar-refractivity contribution is 8.01. The number of amides is 1. The number of benzene rings is 1. The van der Waals surface area contributed by atoms with Crippen LogP contribution in [-0.2, 0) is 4.79 Å². The van der Waals surface area contributed by atoms with Crippen molar-refractivity contribution in [1.82, 2.24) is 15.2 Å². The van der Waals surface area contributed by atoms with E-state index in [-0.39, 0.29) is 5.91 Å². The molecule has 1 aromatic carbocycles. The van der Waals surface area contributed by atoms with Crippen molar-refractivity contribution < 1.29 is 9.53 Å². The summed E-state index contributed by atoms with van der Waals surface area (Å²) in [5.41, 5.74) is 1.77. The van der Waals surface area contributed by atoms with Gasteiger partial charge >= 0.3 is 0 Å². The van der Waals surface area contributed by atoms with Gasteiger partial charge in [-0.2, -0.15) is 0 Å². The fraction of sp³-hybridized carbons (Fsp3) is 0.250. The number of thiazole rings is 1. The van der Waals surface area contributed by atoms with Crippen LogP contribution in [-0.4, -0.2) is 34.0 Å². The minimum atomic E-state index is -0.0553. The molecule has 130 valence electrons. The zero-order valence-electron chi connectivity index (χ0n) is 13.7. The smallest absolute Gasteiger partial charge is 0.226 e. The highest BCUT2D eigenvalue weighted by Gasteiger charge is 2.10. The summed E-state index contributed by atoms with van der Waals surface area (Å²) in [4.78, 5) is 16.5. The number of aryl methyl sites for hydroxylation is 1. The molecule has 0 atom stereocenters. The minimum absolute atomic E-state index is 0.0553. The standard InChI is InChI=1S/C16H16N4O2S3/c1-10-19-20-16(25-10)23-7-6-14(21)18-15-17-13(9-24-15)11-4-3-5-12(8-11)22-2/h3-5,8-9H,6-7H2,1-2H3,(H,17,18,21). The molecule has 0 aliphatic rings. The van der Waals surface area contributed by atoms with E-state index >= 15 is 0 Å².